The quantitative estimate of drug-likeness (QED) is 0.379. The van der Waals surface area contributed by atoms with Crippen molar-refractivity contribution in [3.63, 3.8) is 0 Å². The highest BCUT2D eigenvalue weighted by molar-refractivity contribution is 5.62. The lowest BCUT2D eigenvalue weighted by molar-refractivity contribution is 0.300. The minimum atomic E-state index is 0.678. The van der Waals surface area contributed by atoms with Crippen molar-refractivity contribution in [1.29, 1.82) is 0 Å². The van der Waals surface area contributed by atoms with E-state index in [2.05, 4.69) is 56.4 Å². The molecule has 0 aliphatic heterocycles. The van der Waals surface area contributed by atoms with E-state index in [-0.39, 0.29) is 0 Å². The van der Waals surface area contributed by atoms with Gasteiger partial charge in [0.05, 0.1) is 0 Å². The molecule has 1 aromatic carbocycles. The third-order valence-corrected chi connectivity index (χ3v) is 6.62. The summed E-state index contributed by atoms with van der Waals surface area (Å²) in [6.45, 7) is 4.56. The molecule has 3 rings (SSSR count). The van der Waals surface area contributed by atoms with Crippen molar-refractivity contribution in [2.24, 2.45) is 5.92 Å². The molecule has 1 nitrogen and oxygen atoms in total. The summed E-state index contributed by atoms with van der Waals surface area (Å²) in [7, 11) is 0. The maximum Gasteiger partial charge on any atom is 0.0434 e. The smallest absolute Gasteiger partial charge is 0.0434 e. The van der Waals surface area contributed by atoms with Crippen molar-refractivity contribution < 1.29 is 0 Å². The summed E-state index contributed by atoms with van der Waals surface area (Å²) in [5.74, 6) is 1.65. The maximum absolute atomic E-state index is 4.86. The Hall–Kier alpha value is -1.63. The highest BCUT2D eigenvalue weighted by Gasteiger charge is 2.22. The molecule has 1 aromatic heterocycles. The first-order valence-corrected chi connectivity index (χ1v) is 11.9. The van der Waals surface area contributed by atoms with E-state index in [1.807, 2.05) is 0 Å². The van der Waals surface area contributed by atoms with Crippen LogP contribution in [-0.4, -0.2) is 4.98 Å². The number of benzene rings is 1. The Bertz CT molecular complexity index is 662. The average molecular weight is 378 g/mol. The zero-order valence-corrected chi connectivity index (χ0v) is 18.1. The number of rotatable bonds is 10. The van der Waals surface area contributed by atoms with Crippen LogP contribution in [0.15, 0.2) is 42.6 Å². The predicted octanol–water partition coefficient (Wildman–Crippen LogP) is 8.34. The number of nitrogens with zero attached hydrogens (tertiary/aromatic N) is 1. The van der Waals surface area contributed by atoms with Gasteiger partial charge >= 0.3 is 0 Å². The zero-order chi connectivity index (χ0) is 19.6. The average Bonchev–Trinajstić information content (AvgIpc) is 2.75. The van der Waals surface area contributed by atoms with Gasteiger partial charge < -0.3 is 0 Å². The molecule has 0 radical (unpaired) electrons. The van der Waals surface area contributed by atoms with Crippen LogP contribution in [-0.2, 0) is 6.42 Å². The molecule has 0 amide bonds. The number of aryl methyl sites for hydroxylation is 1. The lowest BCUT2D eigenvalue weighted by Gasteiger charge is -2.28. The van der Waals surface area contributed by atoms with Crippen molar-refractivity contribution in [3.8, 4) is 11.1 Å². The molecule has 28 heavy (non-hydrogen) atoms. The summed E-state index contributed by atoms with van der Waals surface area (Å²) in [6, 6.07) is 13.7. The Balaban J connectivity index is 1.51. The molecule has 0 unspecified atom stereocenters. The van der Waals surface area contributed by atoms with Crippen LogP contribution < -0.4 is 0 Å². The van der Waals surface area contributed by atoms with E-state index >= 15 is 0 Å². The van der Waals surface area contributed by atoms with Gasteiger partial charge in [0, 0.05) is 23.4 Å². The number of aromatic nitrogens is 1. The van der Waals surface area contributed by atoms with Crippen molar-refractivity contribution in [3.05, 3.63) is 53.9 Å². The normalized spacial score (nSPS) is 19.6. The van der Waals surface area contributed by atoms with Crippen molar-refractivity contribution in [1.82, 2.24) is 4.98 Å². The molecule has 1 fully saturated rings. The molecule has 0 bridgehead atoms. The topological polar surface area (TPSA) is 12.9 Å². The molecule has 152 valence electrons. The zero-order valence-electron chi connectivity index (χ0n) is 18.1. The van der Waals surface area contributed by atoms with E-state index < -0.39 is 0 Å². The summed E-state index contributed by atoms with van der Waals surface area (Å²) in [4.78, 5) is 4.86. The molecule has 1 aliphatic carbocycles. The largest absolute Gasteiger partial charge is 0.260 e. The van der Waals surface area contributed by atoms with Crippen molar-refractivity contribution in [2.75, 3.05) is 0 Å². The first-order chi connectivity index (χ1) is 13.8. The van der Waals surface area contributed by atoms with Gasteiger partial charge in [-0.1, -0.05) is 82.7 Å². The predicted molar refractivity (Wildman–Crippen MR) is 122 cm³/mol. The fourth-order valence-electron chi connectivity index (χ4n) is 4.69. The number of hydrogen-bond donors (Lipinski definition) is 0. The second-order valence-corrected chi connectivity index (χ2v) is 8.84. The Morgan fingerprint density at radius 1 is 0.750 bits per heavy atom. The third kappa shape index (κ3) is 6.19. The SMILES string of the molecule is CCCCCc1ccc(-c2ccc(C3CCC(CCCCC)CC3)nc2)cc1. The lowest BCUT2D eigenvalue weighted by Crippen LogP contribution is -2.14. The van der Waals surface area contributed by atoms with Gasteiger partial charge in [-0.05, 0) is 61.6 Å². The Morgan fingerprint density at radius 2 is 1.43 bits per heavy atom. The maximum atomic E-state index is 4.86. The van der Waals surface area contributed by atoms with Crippen molar-refractivity contribution >= 4 is 0 Å². The van der Waals surface area contributed by atoms with Gasteiger partial charge in [-0.3, -0.25) is 4.98 Å². The Kier molecular flexibility index (Phi) is 8.58. The van der Waals surface area contributed by atoms with Crippen LogP contribution in [0.4, 0.5) is 0 Å². The Morgan fingerprint density at radius 3 is 2.07 bits per heavy atom. The van der Waals surface area contributed by atoms with Crippen LogP contribution in [0.5, 0.6) is 0 Å². The molecule has 1 heterocycles. The highest BCUT2D eigenvalue weighted by atomic mass is 14.7. The van der Waals surface area contributed by atoms with Gasteiger partial charge in [-0.2, -0.15) is 0 Å². The number of unbranched alkanes of at least 4 members (excludes halogenated alkanes) is 4. The third-order valence-electron chi connectivity index (χ3n) is 6.62. The minimum Gasteiger partial charge on any atom is -0.260 e. The van der Waals surface area contributed by atoms with E-state index in [0.717, 1.165) is 5.92 Å². The van der Waals surface area contributed by atoms with Gasteiger partial charge in [-0.25, -0.2) is 0 Å². The van der Waals surface area contributed by atoms with Gasteiger partial charge in [0.15, 0.2) is 0 Å². The monoisotopic (exact) mass is 377 g/mol. The first-order valence-electron chi connectivity index (χ1n) is 11.9. The molecule has 0 N–H and O–H groups in total. The molecule has 1 saturated carbocycles. The fourth-order valence-corrected chi connectivity index (χ4v) is 4.69. The number of hydrogen-bond acceptors (Lipinski definition) is 1. The standard InChI is InChI=1S/C27H39N/c1-3-5-7-9-22-11-15-24(16-12-22)26-19-20-27(28-21-26)25-17-13-23(14-18-25)10-8-6-4-2/h11-12,15-16,19-21,23,25H,3-10,13-14,17-18H2,1-2H3. The summed E-state index contributed by atoms with van der Waals surface area (Å²) in [5.41, 5.74) is 5.31. The van der Waals surface area contributed by atoms with E-state index in [9.17, 15) is 0 Å². The van der Waals surface area contributed by atoms with E-state index in [0.29, 0.717) is 5.92 Å². The molecule has 1 heteroatoms. The van der Waals surface area contributed by atoms with E-state index in [1.54, 1.807) is 0 Å². The molecular weight excluding hydrogens is 338 g/mol. The van der Waals surface area contributed by atoms with Crippen LogP contribution in [0, 0.1) is 5.92 Å². The van der Waals surface area contributed by atoms with E-state index in [4.69, 9.17) is 4.98 Å². The lowest BCUT2D eigenvalue weighted by atomic mass is 9.78. The summed E-state index contributed by atoms with van der Waals surface area (Å²) < 4.78 is 0. The summed E-state index contributed by atoms with van der Waals surface area (Å²) in [5, 5.41) is 0. The summed E-state index contributed by atoms with van der Waals surface area (Å²) in [6.07, 6.45) is 18.3. The minimum absolute atomic E-state index is 0.678. The molecule has 0 saturated heterocycles. The second kappa shape index (κ2) is 11.4. The van der Waals surface area contributed by atoms with Crippen LogP contribution in [0.1, 0.15) is 102 Å². The van der Waals surface area contributed by atoms with Gasteiger partial charge in [0.25, 0.3) is 0 Å². The van der Waals surface area contributed by atoms with Crippen LogP contribution in [0.3, 0.4) is 0 Å². The number of pyridine rings is 1. The highest BCUT2D eigenvalue weighted by Crippen LogP contribution is 2.37. The fraction of sp³-hybridized carbons (Fsp3) is 0.593. The molecule has 0 atom stereocenters. The molecular formula is C27H39N. The molecule has 0 spiro atoms. The van der Waals surface area contributed by atoms with Gasteiger partial charge in [0.1, 0.15) is 0 Å². The Labute approximate surface area is 173 Å². The van der Waals surface area contributed by atoms with E-state index in [1.165, 1.54) is 99.4 Å². The van der Waals surface area contributed by atoms with Crippen LogP contribution in [0.25, 0.3) is 11.1 Å². The summed E-state index contributed by atoms with van der Waals surface area (Å²) >= 11 is 0. The van der Waals surface area contributed by atoms with Crippen molar-refractivity contribution in [2.45, 2.75) is 96.8 Å². The van der Waals surface area contributed by atoms with Gasteiger partial charge in [-0.15, -0.1) is 0 Å². The van der Waals surface area contributed by atoms with Gasteiger partial charge in [0.2, 0.25) is 0 Å². The van der Waals surface area contributed by atoms with Crippen LogP contribution in [0.2, 0.25) is 0 Å². The van der Waals surface area contributed by atoms with Crippen LogP contribution >= 0.6 is 0 Å². The molecule has 2 aromatic rings. The first kappa shape index (κ1) is 21.1. The second-order valence-electron chi connectivity index (χ2n) is 8.84. The molecule has 1 aliphatic rings.